The lowest BCUT2D eigenvalue weighted by molar-refractivity contribution is -0.129. The minimum Gasteiger partial charge on any atom is -0.402 e. The van der Waals surface area contributed by atoms with E-state index in [4.69, 9.17) is 27.9 Å². The van der Waals surface area contributed by atoms with Crippen LogP contribution in [0.15, 0.2) is 53.2 Å². The van der Waals surface area contributed by atoms with Crippen LogP contribution in [-0.2, 0) is 14.3 Å². The van der Waals surface area contributed by atoms with Crippen molar-refractivity contribution < 1.29 is 14.3 Å². The highest BCUT2D eigenvalue weighted by Crippen LogP contribution is 2.26. The lowest BCUT2D eigenvalue weighted by Gasteiger charge is -2.03. The number of rotatable bonds is 3. The number of hydrogen-bond donors (Lipinski definition) is 1. The number of anilines is 1. The van der Waals surface area contributed by atoms with Gasteiger partial charge in [-0.1, -0.05) is 29.3 Å². The first kappa shape index (κ1) is 17.2. The molecule has 0 aliphatic carbocycles. The van der Waals surface area contributed by atoms with Crippen molar-refractivity contribution in [1.29, 1.82) is 0 Å². The molecule has 0 radical (unpaired) electrons. The van der Waals surface area contributed by atoms with Crippen LogP contribution in [0, 0.1) is 0 Å². The molecule has 1 aliphatic heterocycles. The van der Waals surface area contributed by atoms with Crippen molar-refractivity contribution >= 4 is 52.7 Å². The van der Waals surface area contributed by atoms with E-state index >= 15 is 0 Å². The molecule has 0 fully saturated rings. The second kappa shape index (κ2) is 7.09. The van der Waals surface area contributed by atoms with E-state index in [1.165, 1.54) is 6.92 Å². The summed E-state index contributed by atoms with van der Waals surface area (Å²) >= 11 is 12.0. The third kappa shape index (κ3) is 4.07. The monoisotopic (exact) mass is 374 g/mol. The zero-order valence-electron chi connectivity index (χ0n) is 13.0. The molecule has 2 aromatic rings. The summed E-state index contributed by atoms with van der Waals surface area (Å²) in [6, 6.07) is 11.8. The van der Waals surface area contributed by atoms with Crippen LogP contribution in [0.5, 0.6) is 0 Å². The fourth-order valence-electron chi connectivity index (χ4n) is 2.20. The molecule has 1 heterocycles. The van der Waals surface area contributed by atoms with Gasteiger partial charge in [0, 0.05) is 28.2 Å². The molecule has 7 heteroatoms. The van der Waals surface area contributed by atoms with Gasteiger partial charge in [0.25, 0.3) is 0 Å². The Balaban J connectivity index is 1.87. The van der Waals surface area contributed by atoms with Gasteiger partial charge in [0.1, 0.15) is 0 Å². The zero-order valence-corrected chi connectivity index (χ0v) is 14.6. The summed E-state index contributed by atoms with van der Waals surface area (Å²) in [4.78, 5) is 27.3. The molecule has 126 valence electrons. The molecule has 0 unspecified atom stereocenters. The molecular formula is C18H12Cl2N2O3. The van der Waals surface area contributed by atoms with Crippen LogP contribution in [0.1, 0.15) is 18.1 Å². The lowest BCUT2D eigenvalue weighted by atomic mass is 10.2. The quantitative estimate of drug-likeness (QED) is 0.643. The van der Waals surface area contributed by atoms with Gasteiger partial charge in [-0.25, -0.2) is 9.79 Å². The van der Waals surface area contributed by atoms with Crippen LogP contribution >= 0.6 is 23.2 Å². The molecule has 3 rings (SSSR count). The Hall–Kier alpha value is -2.63. The average Bonchev–Trinajstić information content (AvgIpc) is 2.91. The highest BCUT2D eigenvalue weighted by atomic mass is 35.5. The van der Waals surface area contributed by atoms with Gasteiger partial charge in [-0.05, 0) is 48.0 Å². The van der Waals surface area contributed by atoms with Gasteiger partial charge in [-0.3, -0.25) is 4.79 Å². The number of hydrogen-bond acceptors (Lipinski definition) is 4. The van der Waals surface area contributed by atoms with Crippen molar-refractivity contribution in [3.05, 3.63) is 69.3 Å². The second-order valence-electron chi connectivity index (χ2n) is 5.26. The SMILES string of the molecule is CC(=O)Nc1ccc(C2=N/C(=C\c3ccc(Cl)cc3Cl)C(=O)O2)cc1. The Morgan fingerprint density at radius 3 is 2.52 bits per heavy atom. The first-order chi connectivity index (χ1) is 11.9. The van der Waals surface area contributed by atoms with E-state index in [9.17, 15) is 9.59 Å². The van der Waals surface area contributed by atoms with E-state index < -0.39 is 5.97 Å². The van der Waals surface area contributed by atoms with Gasteiger partial charge in [0.05, 0.1) is 0 Å². The molecule has 25 heavy (non-hydrogen) atoms. The minimum atomic E-state index is -0.563. The van der Waals surface area contributed by atoms with Gasteiger partial charge in [0.2, 0.25) is 11.8 Å². The Morgan fingerprint density at radius 1 is 1.16 bits per heavy atom. The minimum absolute atomic E-state index is 0.144. The topological polar surface area (TPSA) is 67.8 Å². The number of ether oxygens (including phenoxy) is 1. The van der Waals surface area contributed by atoms with Crippen molar-refractivity contribution in [3.8, 4) is 0 Å². The van der Waals surface area contributed by atoms with Crippen molar-refractivity contribution in [2.45, 2.75) is 6.92 Å². The van der Waals surface area contributed by atoms with Crippen molar-refractivity contribution in [3.63, 3.8) is 0 Å². The molecule has 0 saturated heterocycles. The maximum absolute atomic E-state index is 12.0. The molecule has 2 aromatic carbocycles. The molecule has 1 aliphatic rings. The summed E-state index contributed by atoms with van der Waals surface area (Å²) in [5.41, 5.74) is 2.02. The van der Waals surface area contributed by atoms with Crippen molar-refractivity contribution in [1.82, 2.24) is 0 Å². The number of carbonyl (C=O) groups is 2. The molecule has 0 aromatic heterocycles. The third-order valence-corrected chi connectivity index (χ3v) is 3.89. The van der Waals surface area contributed by atoms with Gasteiger partial charge in [-0.2, -0.15) is 0 Å². The molecule has 1 amide bonds. The van der Waals surface area contributed by atoms with Crippen molar-refractivity contribution in [2.24, 2.45) is 4.99 Å². The van der Waals surface area contributed by atoms with Crippen LogP contribution in [0.4, 0.5) is 5.69 Å². The number of nitrogens with zero attached hydrogens (tertiary/aromatic N) is 1. The Bertz CT molecular complexity index is 918. The number of halogens is 2. The Morgan fingerprint density at radius 2 is 1.88 bits per heavy atom. The number of cyclic esters (lactones) is 1. The van der Waals surface area contributed by atoms with Gasteiger partial charge < -0.3 is 10.1 Å². The summed E-state index contributed by atoms with van der Waals surface area (Å²) in [5.74, 6) is -0.537. The van der Waals surface area contributed by atoms with Crippen molar-refractivity contribution in [2.75, 3.05) is 5.32 Å². The smallest absolute Gasteiger partial charge is 0.363 e. The normalized spacial score (nSPS) is 15.1. The van der Waals surface area contributed by atoms with E-state index in [1.54, 1.807) is 48.5 Å². The summed E-state index contributed by atoms with van der Waals surface area (Å²) in [6.07, 6.45) is 1.54. The maximum Gasteiger partial charge on any atom is 0.363 e. The molecule has 0 atom stereocenters. The number of esters is 1. The van der Waals surface area contributed by atoms with E-state index in [2.05, 4.69) is 10.3 Å². The van der Waals surface area contributed by atoms with E-state index in [0.29, 0.717) is 26.9 Å². The molecule has 0 bridgehead atoms. The van der Waals surface area contributed by atoms with E-state index in [1.807, 2.05) is 0 Å². The lowest BCUT2D eigenvalue weighted by Crippen LogP contribution is -2.07. The van der Waals surface area contributed by atoms with Gasteiger partial charge >= 0.3 is 5.97 Å². The summed E-state index contributed by atoms with van der Waals surface area (Å²) in [5, 5.41) is 3.58. The van der Waals surface area contributed by atoms with Crippen LogP contribution in [0.25, 0.3) is 6.08 Å². The summed E-state index contributed by atoms with van der Waals surface area (Å²) in [6.45, 7) is 1.43. The average molecular weight is 375 g/mol. The largest absolute Gasteiger partial charge is 0.402 e. The van der Waals surface area contributed by atoms with Crippen LogP contribution in [0.2, 0.25) is 10.0 Å². The zero-order chi connectivity index (χ0) is 18.0. The van der Waals surface area contributed by atoms with Gasteiger partial charge in [-0.15, -0.1) is 0 Å². The fraction of sp³-hybridized carbons (Fsp3) is 0.0556. The van der Waals surface area contributed by atoms with E-state index in [0.717, 1.165) is 0 Å². The summed E-state index contributed by atoms with van der Waals surface area (Å²) < 4.78 is 5.20. The fourth-order valence-corrected chi connectivity index (χ4v) is 2.66. The molecular weight excluding hydrogens is 363 g/mol. The number of aliphatic imine (C=N–C) groups is 1. The first-order valence-corrected chi connectivity index (χ1v) is 8.03. The number of nitrogens with one attached hydrogen (secondary N) is 1. The molecule has 0 saturated carbocycles. The van der Waals surface area contributed by atoms with Crippen LogP contribution in [0.3, 0.4) is 0 Å². The first-order valence-electron chi connectivity index (χ1n) is 7.28. The number of amides is 1. The van der Waals surface area contributed by atoms with Crippen LogP contribution < -0.4 is 5.32 Å². The van der Waals surface area contributed by atoms with E-state index in [-0.39, 0.29) is 17.5 Å². The summed E-state index contributed by atoms with van der Waals surface area (Å²) in [7, 11) is 0. The highest BCUT2D eigenvalue weighted by Gasteiger charge is 2.24. The standard InChI is InChI=1S/C18H12Cl2N2O3/c1-10(23)21-14-6-3-11(4-7-14)17-22-16(18(24)25-17)8-12-2-5-13(19)9-15(12)20/h2-9H,1H3,(H,21,23)/b16-8-. The predicted octanol–water partition coefficient (Wildman–Crippen LogP) is 4.30. The molecule has 5 nitrogen and oxygen atoms in total. The maximum atomic E-state index is 12.0. The predicted molar refractivity (Wildman–Crippen MR) is 97.8 cm³/mol. The Kier molecular flexibility index (Phi) is 4.88. The molecule has 0 spiro atoms. The third-order valence-electron chi connectivity index (χ3n) is 3.33. The second-order valence-corrected chi connectivity index (χ2v) is 6.10. The number of benzene rings is 2. The van der Waals surface area contributed by atoms with Gasteiger partial charge in [0.15, 0.2) is 5.70 Å². The highest BCUT2D eigenvalue weighted by molar-refractivity contribution is 6.35. The number of carbonyl (C=O) groups excluding carboxylic acids is 2. The Labute approximate surface area is 153 Å². The molecule has 1 N–H and O–H groups in total. The van der Waals surface area contributed by atoms with Crippen LogP contribution in [-0.4, -0.2) is 17.8 Å².